The highest BCUT2D eigenvalue weighted by Gasteiger charge is 2.44. The van der Waals surface area contributed by atoms with Gasteiger partial charge in [0.2, 0.25) is 11.8 Å². The van der Waals surface area contributed by atoms with Gasteiger partial charge >= 0.3 is 0 Å². The maximum Gasteiger partial charge on any atom is 0.240 e. The van der Waals surface area contributed by atoms with Crippen LogP contribution in [-0.2, 0) is 21.5 Å². The number of methoxy groups -OCH3 is 1. The molecule has 0 radical (unpaired) electrons. The van der Waals surface area contributed by atoms with Crippen molar-refractivity contribution in [1.82, 2.24) is 5.32 Å². The minimum atomic E-state index is -0.698. The molecule has 5 nitrogen and oxygen atoms in total. The topological polar surface area (TPSA) is 58.6 Å². The summed E-state index contributed by atoms with van der Waals surface area (Å²) >= 11 is 6.07. The van der Waals surface area contributed by atoms with E-state index in [0.29, 0.717) is 11.6 Å². The molecule has 2 aromatic rings. The van der Waals surface area contributed by atoms with Crippen molar-refractivity contribution < 1.29 is 14.3 Å². The lowest BCUT2D eigenvalue weighted by Gasteiger charge is -2.20. The Labute approximate surface area is 157 Å². The zero-order valence-electron chi connectivity index (χ0n) is 15.0. The van der Waals surface area contributed by atoms with E-state index in [0.717, 1.165) is 22.6 Å². The van der Waals surface area contributed by atoms with E-state index in [9.17, 15) is 9.59 Å². The smallest absolute Gasteiger partial charge is 0.240 e. The minimum Gasteiger partial charge on any atom is -0.497 e. The van der Waals surface area contributed by atoms with E-state index in [2.05, 4.69) is 5.32 Å². The standard InChI is InChI=1S/C20H21ClN2O3/c1-20(2)16-10-14(21)6-9-17(16)23(19(20)25)12-18(24)22-11-13-4-7-15(26-3)8-5-13/h4-10H,11-12H2,1-3H3,(H,22,24). The second-order valence-electron chi connectivity index (χ2n) is 6.80. The van der Waals surface area contributed by atoms with Gasteiger partial charge in [-0.25, -0.2) is 0 Å². The van der Waals surface area contributed by atoms with Gasteiger partial charge < -0.3 is 15.0 Å². The molecule has 0 atom stereocenters. The third-order valence-electron chi connectivity index (χ3n) is 4.65. The van der Waals surface area contributed by atoms with Crippen molar-refractivity contribution >= 4 is 29.1 Å². The van der Waals surface area contributed by atoms with Gasteiger partial charge in [0.25, 0.3) is 0 Å². The number of halogens is 1. The predicted octanol–water partition coefficient (Wildman–Crippen LogP) is 3.29. The van der Waals surface area contributed by atoms with Crippen LogP contribution < -0.4 is 15.0 Å². The van der Waals surface area contributed by atoms with E-state index in [1.807, 2.05) is 38.1 Å². The molecular formula is C20H21ClN2O3. The summed E-state index contributed by atoms with van der Waals surface area (Å²) < 4.78 is 5.12. The fourth-order valence-electron chi connectivity index (χ4n) is 3.11. The number of rotatable bonds is 5. The summed E-state index contributed by atoms with van der Waals surface area (Å²) in [4.78, 5) is 26.7. The van der Waals surface area contributed by atoms with Gasteiger partial charge in [-0.3, -0.25) is 9.59 Å². The zero-order valence-corrected chi connectivity index (χ0v) is 15.8. The number of carbonyl (C=O) groups excluding carboxylic acids is 2. The average molecular weight is 373 g/mol. The van der Waals surface area contributed by atoms with Gasteiger partial charge in [0.1, 0.15) is 12.3 Å². The molecule has 0 spiro atoms. The molecule has 0 saturated carbocycles. The maximum absolute atomic E-state index is 12.8. The van der Waals surface area contributed by atoms with E-state index in [1.165, 1.54) is 4.90 Å². The summed E-state index contributed by atoms with van der Waals surface area (Å²) in [5.41, 5.74) is 1.85. The second kappa shape index (κ2) is 7.00. The molecule has 1 N–H and O–H groups in total. The Bertz CT molecular complexity index is 847. The Hall–Kier alpha value is -2.53. The average Bonchev–Trinajstić information content (AvgIpc) is 2.81. The van der Waals surface area contributed by atoms with Gasteiger partial charge in [-0.1, -0.05) is 23.7 Å². The lowest BCUT2D eigenvalue weighted by atomic mass is 9.86. The fourth-order valence-corrected chi connectivity index (χ4v) is 3.28. The van der Waals surface area contributed by atoms with Crippen LogP contribution in [0.3, 0.4) is 0 Å². The number of benzene rings is 2. The number of fused-ring (bicyclic) bond motifs is 1. The number of carbonyl (C=O) groups is 2. The Kier molecular flexibility index (Phi) is 4.92. The van der Waals surface area contributed by atoms with Crippen LogP contribution in [0.25, 0.3) is 0 Å². The SMILES string of the molecule is COc1ccc(CNC(=O)CN2C(=O)C(C)(C)c3cc(Cl)ccc32)cc1. The highest BCUT2D eigenvalue weighted by molar-refractivity contribution is 6.31. The molecule has 2 amide bonds. The molecule has 0 saturated heterocycles. The minimum absolute atomic E-state index is 0.0208. The van der Waals surface area contributed by atoms with Gasteiger partial charge in [0.15, 0.2) is 0 Å². The molecular weight excluding hydrogens is 352 g/mol. The molecule has 0 aromatic heterocycles. The van der Waals surface area contributed by atoms with E-state index >= 15 is 0 Å². The van der Waals surface area contributed by atoms with E-state index in [4.69, 9.17) is 16.3 Å². The number of hydrogen-bond donors (Lipinski definition) is 1. The summed E-state index contributed by atoms with van der Waals surface area (Å²) in [5, 5.41) is 3.43. The molecule has 3 rings (SSSR count). The van der Waals surface area contributed by atoms with Crippen LogP contribution in [-0.4, -0.2) is 25.5 Å². The fraction of sp³-hybridized carbons (Fsp3) is 0.300. The number of ether oxygens (including phenoxy) is 1. The number of nitrogens with one attached hydrogen (secondary N) is 1. The normalized spacial score (nSPS) is 14.9. The Balaban J connectivity index is 1.68. The lowest BCUT2D eigenvalue weighted by molar-refractivity contribution is -0.125. The number of hydrogen-bond acceptors (Lipinski definition) is 3. The van der Waals surface area contributed by atoms with Crippen molar-refractivity contribution in [2.45, 2.75) is 25.8 Å². The third kappa shape index (κ3) is 3.40. The van der Waals surface area contributed by atoms with Gasteiger partial charge in [0.05, 0.1) is 12.5 Å². The summed E-state index contributed by atoms with van der Waals surface area (Å²) in [6.07, 6.45) is 0. The van der Waals surface area contributed by atoms with Crippen molar-refractivity contribution in [1.29, 1.82) is 0 Å². The number of anilines is 1. The third-order valence-corrected chi connectivity index (χ3v) is 4.89. The predicted molar refractivity (Wildman–Crippen MR) is 102 cm³/mol. The van der Waals surface area contributed by atoms with Crippen LogP contribution in [0, 0.1) is 0 Å². The van der Waals surface area contributed by atoms with Crippen LogP contribution in [0.2, 0.25) is 5.02 Å². The molecule has 136 valence electrons. The van der Waals surface area contributed by atoms with Crippen LogP contribution in [0.15, 0.2) is 42.5 Å². The first-order chi connectivity index (χ1) is 12.3. The lowest BCUT2D eigenvalue weighted by Crippen LogP contribution is -2.42. The van der Waals surface area contributed by atoms with Crippen LogP contribution in [0.5, 0.6) is 5.75 Å². The Morgan fingerprint density at radius 2 is 1.88 bits per heavy atom. The van der Waals surface area contributed by atoms with Crippen molar-refractivity contribution in [3.8, 4) is 5.75 Å². The largest absolute Gasteiger partial charge is 0.497 e. The molecule has 1 heterocycles. The highest BCUT2D eigenvalue weighted by Crippen LogP contribution is 2.42. The quantitative estimate of drug-likeness (QED) is 0.876. The van der Waals surface area contributed by atoms with E-state index < -0.39 is 5.41 Å². The van der Waals surface area contributed by atoms with Crippen molar-refractivity contribution in [2.75, 3.05) is 18.6 Å². The molecule has 1 aliphatic heterocycles. The second-order valence-corrected chi connectivity index (χ2v) is 7.24. The molecule has 0 unspecified atom stereocenters. The maximum atomic E-state index is 12.8. The summed E-state index contributed by atoms with van der Waals surface area (Å²) in [7, 11) is 1.61. The van der Waals surface area contributed by atoms with Crippen molar-refractivity contribution in [3.63, 3.8) is 0 Å². The number of amides is 2. The molecule has 0 fully saturated rings. The van der Waals surface area contributed by atoms with Crippen LogP contribution in [0.4, 0.5) is 5.69 Å². The van der Waals surface area contributed by atoms with E-state index in [-0.39, 0.29) is 18.4 Å². The summed E-state index contributed by atoms with van der Waals surface area (Å²) in [6, 6.07) is 12.8. The van der Waals surface area contributed by atoms with Crippen molar-refractivity contribution in [2.24, 2.45) is 0 Å². The van der Waals surface area contributed by atoms with Gasteiger partial charge in [-0.15, -0.1) is 0 Å². The van der Waals surface area contributed by atoms with E-state index in [1.54, 1.807) is 25.3 Å². The zero-order chi connectivity index (χ0) is 18.9. The first kappa shape index (κ1) is 18.3. The molecule has 6 heteroatoms. The van der Waals surface area contributed by atoms with Crippen LogP contribution in [0.1, 0.15) is 25.0 Å². The first-order valence-corrected chi connectivity index (χ1v) is 8.72. The Morgan fingerprint density at radius 1 is 1.19 bits per heavy atom. The molecule has 1 aliphatic rings. The van der Waals surface area contributed by atoms with Gasteiger partial charge in [0, 0.05) is 17.3 Å². The highest BCUT2D eigenvalue weighted by atomic mass is 35.5. The molecule has 0 aliphatic carbocycles. The summed E-state index contributed by atoms with van der Waals surface area (Å²) in [5.74, 6) is 0.447. The Morgan fingerprint density at radius 3 is 2.54 bits per heavy atom. The van der Waals surface area contributed by atoms with Crippen LogP contribution >= 0.6 is 11.6 Å². The molecule has 26 heavy (non-hydrogen) atoms. The van der Waals surface area contributed by atoms with Gasteiger partial charge in [-0.05, 0) is 55.3 Å². The number of nitrogens with zero attached hydrogens (tertiary/aromatic N) is 1. The van der Waals surface area contributed by atoms with Gasteiger partial charge in [-0.2, -0.15) is 0 Å². The first-order valence-electron chi connectivity index (χ1n) is 8.34. The molecule has 0 bridgehead atoms. The molecule has 2 aromatic carbocycles. The monoisotopic (exact) mass is 372 g/mol. The summed E-state index contributed by atoms with van der Waals surface area (Å²) in [6.45, 7) is 4.06. The van der Waals surface area contributed by atoms with Crippen molar-refractivity contribution in [3.05, 3.63) is 58.6 Å².